The van der Waals surface area contributed by atoms with Crippen LogP contribution in [0.5, 0.6) is 0 Å². The van der Waals surface area contributed by atoms with Crippen molar-refractivity contribution in [3.05, 3.63) is 69.0 Å². The molecule has 0 aromatic heterocycles. The predicted molar refractivity (Wildman–Crippen MR) is 93.3 cm³/mol. The molecule has 0 amide bonds. The lowest BCUT2D eigenvalue weighted by Gasteiger charge is -2.31. The number of alkyl halides is 3. The number of aryl methyl sites for hydroxylation is 1. The zero-order chi connectivity index (χ0) is 19.0. The molecule has 8 heteroatoms. The molecule has 1 unspecified atom stereocenters. The molecule has 0 aliphatic rings. The molecule has 0 bridgehead atoms. The van der Waals surface area contributed by atoms with Crippen molar-refractivity contribution in [2.75, 3.05) is 0 Å². The van der Waals surface area contributed by atoms with Crippen LogP contribution >= 0.6 is 35.8 Å². The van der Waals surface area contributed by atoms with Crippen LogP contribution in [0.1, 0.15) is 27.9 Å². The van der Waals surface area contributed by atoms with E-state index in [-0.39, 0.29) is 26.7 Å². The first-order valence-electron chi connectivity index (χ1n) is 6.99. The minimum Gasteiger partial charge on any atom is -0.294 e. The van der Waals surface area contributed by atoms with Crippen LogP contribution in [0.15, 0.2) is 36.4 Å². The van der Waals surface area contributed by atoms with Crippen LogP contribution in [0.3, 0.4) is 0 Å². The van der Waals surface area contributed by atoms with Gasteiger partial charge in [0.05, 0.1) is 0 Å². The van der Waals surface area contributed by atoms with Crippen molar-refractivity contribution in [1.29, 1.82) is 0 Å². The van der Waals surface area contributed by atoms with Gasteiger partial charge in [0.2, 0.25) is 0 Å². The van der Waals surface area contributed by atoms with Gasteiger partial charge in [-0.1, -0.05) is 23.2 Å². The number of halogens is 6. The molecule has 0 saturated heterocycles. The van der Waals surface area contributed by atoms with Gasteiger partial charge < -0.3 is 0 Å². The molecule has 0 saturated carbocycles. The minimum absolute atomic E-state index is 0.00440. The number of ketones is 1. The summed E-state index contributed by atoms with van der Waals surface area (Å²) in [5, 5.41) is -0.00880. The first-order valence-corrected chi connectivity index (χ1v) is 8.19. The van der Waals surface area contributed by atoms with Gasteiger partial charge in [0.15, 0.2) is 5.78 Å². The Hall–Kier alpha value is -1.24. The van der Waals surface area contributed by atoms with Crippen molar-refractivity contribution in [3.63, 3.8) is 0 Å². The third kappa shape index (κ3) is 4.30. The monoisotopic (exact) mass is 410 g/mol. The number of hydrogen-bond acceptors (Lipinski definition) is 2. The van der Waals surface area contributed by atoms with Crippen molar-refractivity contribution in [2.24, 2.45) is 0 Å². The van der Waals surface area contributed by atoms with Crippen LogP contribution < -0.4 is 0 Å². The fourth-order valence-corrected chi connectivity index (χ4v) is 3.11. The van der Waals surface area contributed by atoms with E-state index in [1.54, 1.807) is 0 Å². The zero-order valence-electron chi connectivity index (χ0n) is 12.8. The molecule has 0 fully saturated rings. The summed E-state index contributed by atoms with van der Waals surface area (Å²) < 4.78 is 51.6. The standard InChI is InChI=1S/C17H12Cl2F4OS/c1-9-4-10(2-3-14(9)20)15(24)8-16(25,17(21,22)23)11-5-12(18)7-13(19)6-11/h2-7,25H,8H2,1H3. The number of Topliss-reactive ketones (excluding diaryl/α,β-unsaturated/α-hetero) is 1. The van der Waals surface area contributed by atoms with Crippen molar-refractivity contribution in [2.45, 2.75) is 24.3 Å². The molecule has 1 atom stereocenters. The second kappa shape index (κ2) is 7.17. The highest BCUT2D eigenvalue weighted by Gasteiger charge is 2.54. The van der Waals surface area contributed by atoms with Gasteiger partial charge in [-0.15, -0.1) is 0 Å². The lowest BCUT2D eigenvalue weighted by molar-refractivity contribution is -0.160. The Morgan fingerprint density at radius 1 is 1.08 bits per heavy atom. The second-order valence-corrected chi connectivity index (χ2v) is 7.22. The van der Waals surface area contributed by atoms with Crippen LogP contribution in [0.2, 0.25) is 10.0 Å². The average Bonchev–Trinajstić information content (AvgIpc) is 2.47. The Balaban J connectivity index is 2.47. The second-order valence-electron chi connectivity index (χ2n) is 5.58. The zero-order valence-corrected chi connectivity index (χ0v) is 15.2. The maximum absolute atomic E-state index is 13.7. The molecule has 134 valence electrons. The maximum Gasteiger partial charge on any atom is 0.407 e. The number of rotatable bonds is 4. The number of thiol groups is 1. The number of benzene rings is 2. The van der Waals surface area contributed by atoms with Crippen molar-refractivity contribution >= 4 is 41.6 Å². The van der Waals surface area contributed by atoms with Crippen molar-refractivity contribution in [3.8, 4) is 0 Å². The van der Waals surface area contributed by atoms with Crippen molar-refractivity contribution in [1.82, 2.24) is 0 Å². The van der Waals surface area contributed by atoms with Gasteiger partial charge in [-0.05, 0) is 54.4 Å². The van der Waals surface area contributed by atoms with E-state index in [0.717, 1.165) is 24.3 Å². The molecular weight excluding hydrogens is 399 g/mol. The van der Waals surface area contributed by atoms with E-state index in [4.69, 9.17) is 23.2 Å². The summed E-state index contributed by atoms with van der Waals surface area (Å²) in [6, 6.07) is 6.79. The lowest BCUT2D eigenvalue weighted by Crippen LogP contribution is -2.39. The number of carbonyl (C=O) groups is 1. The van der Waals surface area contributed by atoms with Gasteiger partial charge >= 0.3 is 6.18 Å². The molecule has 2 aromatic carbocycles. The SMILES string of the molecule is Cc1cc(C(=O)CC(S)(c2cc(Cl)cc(Cl)c2)C(F)(F)F)ccc1F. The van der Waals surface area contributed by atoms with E-state index in [1.165, 1.54) is 19.1 Å². The molecule has 2 rings (SSSR count). The van der Waals surface area contributed by atoms with Gasteiger partial charge in [0.25, 0.3) is 0 Å². The summed E-state index contributed by atoms with van der Waals surface area (Å²) in [5.74, 6) is -1.38. The smallest absolute Gasteiger partial charge is 0.294 e. The fourth-order valence-electron chi connectivity index (χ4n) is 2.31. The molecule has 0 aliphatic heterocycles. The minimum atomic E-state index is -4.85. The molecule has 0 N–H and O–H groups in total. The molecule has 1 nitrogen and oxygen atoms in total. The maximum atomic E-state index is 13.7. The van der Waals surface area contributed by atoms with E-state index >= 15 is 0 Å². The Morgan fingerprint density at radius 2 is 1.64 bits per heavy atom. The summed E-state index contributed by atoms with van der Waals surface area (Å²) in [6.45, 7) is 1.42. The fraction of sp³-hybridized carbons (Fsp3) is 0.235. The van der Waals surface area contributed by atoms with Crippen LogP contribution in [0.4, 0.5) is 17.6 Å². The number of hydrogen-bond donors (Lipinski definition) is 1. The van der Waals surface area contributed by atoms with Crippen LogP contribution in [0, 0.1) is 12.7 Å². The largest absolute Gasteiger partial charge is 0.407 e. The topological polar surface area (TPSA) is 17.1 Å². The average molecular weight is 411 g/mol. The van der Waals surface area contributed by atoms with E-state index in [2.05, 4.69) is 12.6 Å². The summed E-state index contributed by atoms with van der Waals surface area (Å²) in [5.41, 5.74) is -0.212. The summed E-state index contributed by atoms with van der Waals surface area (Å²) in [6.07, 6.45) is -5.84. The number of carbonyl (C=O) groups excluding carboxylic acids is 1. The summed E-state index contributed by atoms with van der Waals surface area (Å²) >= 11 is 15.4. The normalized spacial score (nSPS) is 14.2. The lowest BCUT2D eigenvalue weighted by atomic mass is 9.89. The molecule has 0 spiro atoms. The molecule has 0 aliphatic carbocycles. The van der Waals surface area contributed by atoms with Crippen molar-refractivity contribution < 1.29 is 22.4 Å². The third-order valence-corrected chi connectivity index (χ3v) is 4.81. The summed E-state index contributed by atoms with van der Waals surface area (Å²) in [4.78, 5) is 12.4. The van der Waals surface area contributed by atoms with Gasteiger partial charge in [-0.3, -0.25) is 4.79 Å². The van der Waals surface area contributed by atoms with Crippen LogP contribution in [0.25, 0.3) is 0 Å². The molecule has 2 aromatic rings. The van der Waals surface area contributed by atoms with E-state index in [1.807, 2.05) is 0 Å². The Bertz CT molecular complexity index is 803. The van der Waals surface area contributed by atoms with Crippen LogP contribution in [-0.4, -0.2) is 12.0 Å². The van der Waals surface area contributed by atoms with Gasteiger partial charge in [0, 0.05) is 22.0 Å². The summed E-state index contributed by atoms with van der Waals surface area (Å²) in [7, 11) is 0. The van der Waals surface area contributed by atoms with E-state index in [0.29, 0.717) is 0 Å². The Morgan fingerprint density at radius 3 is 2.12 bits per heavy atom. The molecular formula is C17H12Cl2F4OS. The molecule has 25 heavy (non-hydrogen) atoms. The highest BCUT2D eigenvalue weighted by molar-refractivity contribution is 7.81. The Labute approximate surface area is 157 Å². The predicted octanol–water partition coefficient (Wildman–Crippen LogP) is 6.40. The van der Waals surface area contributed by atoms with Gasteiger partial charge in [-0.25, -0.2) is 4.39 Å². The van der Waals surface area contributed by atoms with E-state index in [9.17, 15) is 22.4 Å². The first kappa shape index (κ1) is 20.1. The highest BCUT2D eigenvalue weighted by atomic mass is 35.5. The van der Waals surface area contributed by atoms with Gasteiger partial charge in [-0.2, -0.15) is 25.8 Å². The molecule has 0 heterocycles. The van der Waals surface area contributed by atoms with E-state index < -0.39 is 28.9 Å². The third-order valence-electron chi connectivity index (χ3n) is 3.71. The van der Waals surface area contributed by atoms with Crippen LogP contribution in [-0.2, 0) is 4.75 Å². The molecule has 0 radical (unpaired) electrons. The quantitative estimate of drug-likeness (QED) is 0.350. The van der Waals surface area contributed by atoms with Gasteiger partial charge in [0.1, 0.15) is 10.6 Å². The first-order chi connectivity index (χ1) is 11.4. The Kier molecular flexibility index (Phi) is 5.76. The highest BCUT2D eigenvalue weighted by Crippen LogP contribution is 2.48.